The number of tetrazole rings is 1. The molecule has 0 radical (unpaired) electrons. The molecule has 5 nitrogen and oxygen atoms in total. The number of hydrogen-bond donors (Lipinski definition) is 1. The Hall–Kier alpha value is -1.98. The molecule has 20 heavy (non-hydrogen) atoms. The Morgan fingerprint density at radius 3 is 2.90 bits per heavy atom. The fourth-order valence-corrected chi connectivity index (χ4v) is 2.83. The number of halogens is 1. The molecule has 106 valence electrons. The highest BCUT2D eigenvalue weighted by atomic mass is 19.1. The number of nitrogens with zero attached hydrogens (tertiary/aromatic N) is 4. The van der Waals surface area contributed by atoms with Gasteiger partial charge in [-0.1, -0.05) is 13.8 Å². The third kappa shape index (κ3) is 2.64. The fraction of sp³-hybridized carbons (Fsp3) is 0.500. The maximum absolute atomic E-state index is 13.9. The van der Waals surface area contributed by atoms with Gasteiger partial charge in [0.15, 0.2) is 0 Å². The summed E-state index contributed by atoms with van der Waals surface area (Å²) in [6, 6.07) is 5.18. The number of hydrogen-bond acceptors (Lipinski definition) is 4. The van der Waals surface area contributed by atoms with Crippen LogP contribution in [-0.2, 0) is 0 Å². The van der Waals surface area contributed by atoms with Gasteiger partial charge in [0.25, 0.3) is 0 Å². The average Bonchev–Trinajstić information content (AvgIpc) is 3.02. The summed E-state index contributed by atoms with van der Waals surface area (Å²) in [7, 11) is 0. The molecule has 1 atom stereocenters. The van der Waals surface area contributed by atoms with Gasteiger partial charge in [0.1, 0.15) is 12.1 Å². The quantitative estimate of drug-likeness (QED) is 0.935. The maximum atomic E-state index is 13.9. The van der Waals surface area contributed by atoms with Crippen molar-refractivity contribution in [3.8, 4) is 5.69 Å². The van der Waals surface area contributed by atoms with Crippen LogP contribution in [0.3, 0.4) is 0 Å². The Morgan fingerprint density at radius 2 is 2.25 bits per heavy atom. The first kappa shape index (κ1) is 13.0. The van der Waals surface area contributed by atoms with E-state index in [1.807, 2.05) is 0 Å². The minimum Gasteiger partial charge on any atom is -0.380 e. The van der Waals surface area contributed by atoms with Gasteiger partial charge in [-0.25, -0.2) is 9.07 Å². The van der Waals surface area contributed by atoms with Crippen LogP contribution in [0.25, 0.3) is 5.69 Å². The molecule has 1 aliphatic carbocycles. The van der Waals surface area contributed by atoms with Crippen LogP contribution in [0.2, 0.25) is 0 Å². The Morgan fingerprint density at radius 1 is 1.40 bits per heavy atom. The zero-order valence-electron chi connectivity index (χ0n) is 11.7. The molecule has 0 amide bonds. The highest BCUT2D eigenvalue weighted by molar-refractivity contribution is 5.52. The van der Waals surface area contributed by atoms with Gasteiger partial charge in [0, 0.05) is 6.04 Å². The van der Waals surface area contributed by atoms with Crippen molar-refractivity contribution in [2.75, 3.05) is 5.32 Å². The van der Waals surface area contributed by atoms with Gasteiger partial charge in [0.05, 0.1) is 11.4 Å². The van der Waals surface area contributed by atoms with Crippen molar-refractivity contribution in [2.45, 2.75) is 39.2 Å². The molecule has 2 aromatic rings. The Labute approximate surface area is 117 Å². The van der Waals surface area contributed by atoms with Crippen LogP contribution < -0.4 is 5.32 Å². The third-order valence-corrected chi connectivity index (χ3v) is 3.89. The summed E-state index contributed by atoms with van der Waals surface area (Å²) in [5.74, 6) is -0.244. The van der Waals surface area contributed by atoms with Gasteiger partial charge in [-0.2, -0.15) is 0 Å². The Balaban J connectivity index is 1.81. The van der Waals surface area contributed by atoms with Crippen LogP contribution in [0.1, 0.15) is 33.1 Å². The second kappa shape index (κ2) is 4.85. The second-order valence-corrected chi connectivity index (χ2v) is 6.17. The second-order valence-electron chi connectivity index (χ2n) is 6.17. The predicted octanol–water partition coefficient (Wildman–Crippen LogP) is 2.79. The number of rotatable bonds is 3. The smallest absolute Gasteiger partial charge is 0.146 e. The van der Waals surface area contributed by atoms with E-state index in [0.717, 1.165) is 18.5 Å². The van der Waals surface area contributed by atoms with Crippen molar-refractivity contribution in [1.82, 2.24) is 20.2 Å². The molecule has 1 fully saturated rings. The summed E-state index contributed by atoms with van der Waals surface area (Å²) in [6.07, 6.45) is 4.79. The van der Waals surface area contributed by atoms with Crippen LogP contribution in [0.15, 0.2) is 24.5 Å². The lowest BCUT2D eigenvalue weighted by Gasteiger charge is -2.19. The predicted molar refractivity (Wildman–Crippen MR) is 74.2 cm³/mol. The molecule has 1 heterocycles. The number of aromatic nitrogens is 4. The number of nitrogens with one attached hydrogen (secondary N) is 1. The first-order valence-electron chi connectivity index (χ1n) is 6.83. The Kier molecular flexibility index (Phi) is 3.16. The lowest BCUT2D eigenvalue weighted by atomic mass is 9.92. The van der Waals surface area contributed by atoms with E-state index < -0.39 is 0 Å². The van der Waals surface area contributed by atoms with Crippen LogP contribution >= 0.6 is 0 Å². The van der Waals surface area contributed by atoms with E-state index in [0.29, 0.717) is 17.1 Å². The molecule has 1 unspecified atom stereocenters. The Bertz CT molecular complexity index is 594. The minimum absolute atomic E-state index is 0.244. The molecule has 0 spiro atoms. The average molecular weight is 275 g/mol. The fourth-order valence-electron chi connectivity index (χ4n) is 2.83. The van der Waals surface area contributed by atoms with Crippen molar-refractivity contribution in [3.05, 3.63) is 30.3 Å². The highest BCUT2D eigenvalue weighted by Crippen LogP contribution is 2.38. The van der Waals surface area contributed by atoms with Crippen molar-refractivity contribution in [3.63, 3.8) is 0 Å². The molecule has 3 rings (SSSR count). The topological polar surface area (TPSA) is 55.6 Å². The van der Waals surface area contributed by atoms with E-state index in [2.05, 4.69) is 34.7 Å². The van der Waals surface area contributed by atoms with Crippen LogP contribution in [0.5, 0.6) is 0 Å². The molecule has 6 heteroatoms. The molecule has 0 saturated heterocycles. The summed E-state index contributed by atoms with van der Waals surface area (Å²) in [5, 5.41) is 14.3. The van der Waals surface area contributed by atoms with E-state index in [9.17, 15) is 4.39 Å². The van der Waals surface area contributed by atoms with Crippen molar-refractivity contribution < 1.29 is 4.39 Å². The van der Waals surface area contributed by atoms with Crippen LogP contribution in [-0.4, -0.2) is 26.2 Å². The number of benzene rings is 1. The largest absolute Gasteiger partial charge is 0.380 e. The van der Waals surface area contributed by atoms with E-state index >= 15 is 0 Å². The van der Waals surface area contributed by atoms with E-state index in [4.69, 9.17) is 0 Å². The lowest BCUT2D eigenvalue weighted by Crippen LogP contribution is -2.18. The molecule has 1 aromatic carbocycles. The van der Waals surface area contributed by atoms with Crippen molar-refractivity contribution in [2.24, 2.45) is 5.41 Å². The standard InChI is InChI=1S/C14H18FN5/c1-14(2)6-5-10(8-14)17-13-7-11(3-4-12(13)15)20-9-16-18-19-20/h3-4,7,9-10,17H,5-6,8H2,1-2H3. The summed E-state index contributed by atoms with van der Waals surface area (Å²) in [4.78, 5) is 0. The zero-order chi connectivity index (χ0) is 14.2. The third-order valence-electron chi connectivity index (χ3n) is 3.89. The monoisotopic (exact) mass is 275 g/mol. The van der Waals surface area contributed by atoms with Gasteiger partial charge in [0.2, 0.25) is 0 Å². The molecule has 1 aromatic heterocycles. The van der Waals surface area contributed by atoms with Crippen molar-refractivity contribution >= 4 is 5.69 Å². The summed E-state index contributed by atoms with van der Waals surface area (Å²) < 4.78 is 15.5. The van der Waals surface area contributed by atoms with Crippen molar-refractivity contribution in [1.29, 1.82) is 0 Å². The van der Waals surface area contributed by atoms with E-state index in [1.165, 1.54) is 23.5 Å². The van der Waals surface area contributed by atoms with Gasteiger partial charge in [-0.05, 0) is 53.3 Å². The van der Waals surface area contributed by atoms with Gasteiger partial charge >= 0.3 is 0 Å². The molecule has 0 aliphatic heterocycles. The van der Waals surface area contributed by atoms with Gasteiger partial charge < -0.3 is 5.32 Å². The highest BCUT2D eigenvalue weighted by Gasteiger charge is 2.31. The first-order chi connectivity index (χ1) is 9.53. The molecular formula is C14H18FN5. The summed E-state index contributed by atoms with van der Waals surface area (Å²) in [6.45, 7) is 4.51. The van der Waals surface area contributed by atoms with Crippen LogP contribution in [0.4, 0.5) is 10.1 Å². The molecule has 1 aliphatic rings. The molecule has 1 saturated carbocycles. The zero-order valence-corrected chi connectivity index (χ0v) is 11.7. The normalized spacial score (nSPS) is 21.1. The number of anilines is 1. The summed E-state index contributed by atoms with van der Waals surface area (Å²) in [5.41, 5.74) is 1.60. The van der Waals surface area contributed by atoms with E-state index in [1.54, 1.807) is 12.1 Å². The van der Waals surface area contributed by atoms with Crippen LogP contribution in [0, 0.1) is 11.2 Å². The first-order valence-corrected chi connectivity index (χ1v) is 6.83. The lowest BCUT2D eigenvalue weighted by molar-refractivity contribution is 0.378. The van der Waals surface area contributed by atoms with Gasteiger partial charge in [-0.3, -0.25) is 0 Å². The van der Waals surface area contributed by atoms with E-state index in [-0.39, 0.29) is 5.82 Å². The molecule has 0 bridgehead atoms. The maximum Gasteiger partial charge on any atom is 0.146 e. The molecular weight excluding hydrogens is 257 g/mol. The molecule has 1 N–H and O–H groups in total. The SMILES string of the molecule is CC1(C)CCC(Nc2cc(-n3cnnn3)ccc2F)C1. The van der Waals surface area contributed by atoms with Gasteiger partial charge in [-0.15, -0.1) is 5.10 Å². The minimum atomic E-state index is -0.244. The summed E-state index contributed by atoms with van der Waals surface area (Å²) >= 11 is 0.